The van der Waals surface area contributed by atoms with E-state index in [1.807, 2.05) is 18.2 Å². The Kier molecular flexibility index (Phi) is 8.12. The van der Waals surface area contributed by atoms with Crippen LogP contribution in [0.15, 0.2) is 77.7 Å². The van der Waals surface area contributed by atoms with E-state index >= 15 is 0 Å². The highest BCUT2D eigenvalue weighted by Gasteiger charge is 2.14. The Morgan fingerprint density at radius 1 is 0.935 bits per heavy atom. The second-order valence-corrected chi connectivity index (χ2v) is 7.86. The number of ether oxygens (including phenoxy) is 2. The standard InChI is InChI=1S/C25H25NO4S/c1-3-29-25(28)22-10-7-11-23(18(22)2)26-24(27)19-12-14-20(15-13-19)30-16-17-31-21-8-5-4-6-9-21/h4-15H,3,16-17H2,1-2H3,(H,26,27). The number of rotatable bonds is 9. The van der Waals surface area contributed by atoms with Crippen molar-refractivity contribution in [3.63, 3.8) is 0 Å². The summed E-state index contributed by atoms with van der Waals surface area (Å²) in [7, 11) is 0. The maximum absolute atomic E-state index is 12.6. The number of nitrogens with one attached hydrogen (secondary N) is 1. The van der Waals surface area contributed by atoms with Crippen LogP contribution in [0.3, 0.4) is 0 Å². The zero-order valence-corrected chi connectivity index (χ0v) is 18.4. The van der Waals surface area contributed by atoms with Crippen molar-refractivity contribution in [2.24, 2.45) is 0 Å². The Labute approximate surface area is 186 Å². The van der Waals surface area contributed by atoms with Crippen LogP contribution < -0.4 is 10.1 Å². The third-order valence-electron chi connectivity index (χ3n) is 4.56. The first-order chi connectivity index (χ1) is 15.1. The number of esters is 1. The minimum absolute atomic E-state index is 0.254. The highest BCUT2D eigenvalue weighted by atomic mass is 32.2. The lowest BCUT2D eigenvalue weighted by atomic mass is 10.1. The van der Waals surface area contributed by atoms with E-state index in [0.717, 1.165) is 5.75 Å². The molecule has 0 saturated heterocycles. The Bertz CT molecular complexity index is 1020. The molecule has 0 radical (unpaired) electrons. The minimum Gasteiger partial charge on any atom is -0.493 e. The summed E-state index contributed by atoms with van der Waals surface area (Å²) >= 11 is 1.73. The number of amides is 1. The van der Waals surface area contributed by atoms with E-state index in [-0.39, 0.29) is 5.91 Å². The zero-order chi connectivity index (χ0) is 22.1. The van der Waals surface area contributed by atoms with E-state index < -0.39 is 5.97 Å². The summed E-state index contributed by atoms with van der Waals surface area (Å²) in [5.41, 5.74) is 2.20. The fourth-order valence-electron chi connectivity index (χ4n) is 2.93. The molecule has 31 heavy (non-hydrogen) atoms. The molecular weight excluding hydrogens is 410 g/mol. The molecule has 0 heterocycles. The first kappa shape index (κ1) is 22.4. The molecule has 0 aliphatic rings. The molecule has 0 spiro atoms. The predicted molar refractivity (Wildman–Crippen MR) is 124 cm³/mol. The van der Waals surface area contributed by atoms with Gasteiger partial charge in [-0.05, 0) is 67.9 Å². The molecule has 0 aliphatic heterocycles. The number of carbonyl (C=O) groups is 2. The highest BCUT2D eigenvalue weighted by Crippen LogP contribution is 2.22. The quantitative estimate of drug-likeness (QED) is 0.269. The summed E-state index contributed by atoms with van der Waals surface area (Å²) in [6.45, 7) is 4.42. The SMILES string of the molecule is CCOC(=O)c1cccc(NC(=O)c2ccc(OCCSc3ccccc3)cc2)c1C. The number of hydrogen-bond acceptors (Lipinski definition) is 5. The van der Waals surface area contributed by atoms with Crippen molar-refractivity contribution in [2.75, 3.05) is 24.3 Å². The third-order valence-corrected chi connectivity index (χ3v) is 5.53. The van der Waals surface area contributed by atoms with Gasteiger partial charge in [-0.3, -0.25) is 4.79 Å². The summed E-state index contributed by atoms with van der Waals surface area (Å²) in [6.07, 6.45) is 0. The zero-order valence-electron chi connectivity index (χ0n) is 17.6. The lowest BCUT2D eigenvalue weighted by Crippen LogP contribution is -2.14. The topological polar surface area (TPSA) is 64.6 Å². The monoisotopic (exact) mass is 435 g/mol. The summed E-state index contributed by atoms with van der Waals surface area (Å²) in [5.74, 6) is 0.895. The van der Waals surface area contributed by atoms with Crippen LogP contribution in [-0.2, 0) is 4.74 Å². The van der Waals surface area contributed by atoms with Crippen molar-refractivity contribution >= 4 is 29.3 Å². The lowest BCUT2D eigenvalue weighted by Gasteiger charge is -2.12. The normalized spacial score (nSPS) is 10.4. The van der Waals surface area contributed by atoms with Gasteiger partial charge in [0.05, 0.1) is 18.8 Å². The first-order valence-electron chi connectivity index (χ1n) is 10.1. The van der Waals surface area contributed by atoms with E-state index in [4.69, 9.17) is 9.47 Å². The van der Waals surface area contributed by atoms with Gasteiger partial charge >= 0.3 is 5.97 Å². The van der Waals surface area contributed by atoms with Crippen molar-refractivity contribution < 1.29 is 19.1 Å². The van der Waals surface area contributed by atoms with Crippen LogP contribution in [0.4, 0.5) is 5.69 Å². The number of hydrogen-bond donors (Lipinski definition) is 1. The molecule has 3 rings (SSSR count). The molecule has 5 nitrogen and oxygen atoms in total. The van der Waals surface area contributed by atoms with Crippen LogP contribution in [0.5, 0.6) is 5.75 Å². The molecule has 1 amide bonds. The van der Waals surface area contributed by atoms with E-state index in [1.54, 1.807) is 68.1 Å². The van der Waals surface area contributed by atoms with Crippen LogP contribution in [0.2, 0.25) is 0 Å². The third kappa shape index (κ3) is 6.36. The lowest BCUT2D eigenvalue weighted by molar-refractivity contribution is 0.0525. The molecule has 6 heteroatoms. The van der Waals surface area contributed by atoms with Gasteiger partial charge in [0.1, 0.15) is 5.75 Å². The molecule has 160 valence electrons. The smallest absolute Gasteiger partial charge is 0.338 e. The van der Waals surface area contributed by atoms with Crippen LogP contribution in [0, 0.1) is 6.92 Å². The second kappa shape index (κ2) is 11.2. The summed E-state index contributed by atoms with van der Waals surface area (Å²) in [5, 5.41) is 2.86. The molecular formula is C25H25NO4S. The predicted octanol–water partition coefficient (Wildman–Crippen LogP) is 5.60. The largest absolute Gasteiger partial charge is 0.493 e. The molecule has 3 aromatic carbocycles. The summed E-state index contributed by atoms with van der Waals surface area (Å²) in [6, 6.07) is 22.3. The molecule has 1 N–H and O–H groups in total. The summed E-state index contributed by atoms with van der Waals surface area (Å²) < 4.78 is 10.8. The van der Waals surface area contributed by atoms with Crippen molar-refractivity contribution in [3.8, 4) is 5.75 Å². The molecule has 0 atom stereocenters. The van der Waals surface area contributed by atoms with Gasteiger partial charge in [0.15, 0.2) is 0 Å². The van der Waals surface area contributed by atoms with Gasteiger partial charge in [0.2, 0.25) is 0 Å². The van der Waals surface area contributed by atoms with E-state index in [1.165, 1.54) is 4.90 Å². The van der Waals surface area contributed by atoms with Crippen molar-refractivity contribution in [2.45, 2.75) is 18.7 Å². The number of anilines is 1. The van der Waals surface area contributed by atoms with E-state index in [0.29, 0.717) is 41.3 Å². The number of carbonyl (C=O) groups excluding carboxylic acids is 2. The van der Waals surface area contributed by atoms with Gasteiger partial charge in [-0.15, -0.1) is 11.8 Å². The van der Waals surface area contributed by atoms with Crippen molar-refractivity contribution in [3.05, 3.63) is 89.5 Å². The van der Waals surface area contributed by atoms with Gasteiger partial charge in [-0.1, -0.05) is 24.3 Å². The molecule has 0 aromatic heterocycles. The fourth-order valence-corrected chi connectivity index (χ4v) is 3.69. The van der Waals surface area contributed by atoms with Crippen molar-refractivity contribution in [1.29, 1.82) is 0 Å². The molecule has 0 bridgehead atoms. The fraction of sp³-hybridized carbons (Fsp3) is 0.200. The molecule has 0 fully saturated rings. The molecule has 0 aliphatic carbocycles. The number of thioether (sulfide) groups is 1. The van der Waals surface area contributed by atoms with Crippen LogP contribution in [-0.4, -0.2) is 30.8 Å². The van der Waals surface area contributed by atoms with Gasteiger partial charge < -0.3 is 14.8 Å². The molecule has 0 unspecified atom stereocenters. The van der Waals surface area contributed by atoms with Gasteiger partial charge in [0.25, 0.3) is 5.91 Å². The highest BCUT2D eigenvalue weighted by molar-refractivity contribution is 7.99. The van der Waals surface area contributed by atoms with Crippen molar-refractivity contribution in [1.82, 2.24) is 0 Å². The average molecular weight is 436 g/mol. The van der Waals surface area contributed by atoms with Crippen LogP contribution in [0.1, 0.15) is 33.2 Å². The van der Waals surface area contributed by atoms with Crippen LogP contribution in [0.25, 0.3) is 0 Å². The average Bonchev–Trinajstić information content (AvgIpc) is 2.79. The molecule has 3 aromatic rings. The Balaban J connectivity index is 1.54. The van der Waals surface area contributed by atoms with Gasteiger partial charge in [-0.25, -0.2) is 4.79 Å². The second-order valence-electron chi connectivity index (χ2n) is 6.69. The van der Waals surface area contributed by atoms with E-state index in [9.17, 15) is 9.59 Å². The Morgan fingerprint density at radius 3 is 2.39 bits per heavy atom. The maximum Gasteiger partial charge on any atom is 0.338 e. The maximum atomic E-state index is 12.6. The molecule has 0 saturated carbocycles. The summed E-state index contributed by atoms with van der Waals surface area (Å²) in [4.78, 5) is 25.9. The minimum atomic E-state index is -0.400. The van der Waals surface area contributed by atoms with Gasteiger partial charge in [-0.2, -0.15) is 0 Å². The van der Waals surface area contributed by atoms with Crippen LogP contribution >= 0.6 is 11.8 Å². The Hall–Kier alpha value is -3.25. The van der Waals surface area contributed by atoms with E-state index in [2.05, 4.69) is 17.4 Å². The Morgan fingerprint density at radius 2 is 1.68 bits per heavy atom. The number of benzene rings is 3. The van der Waals surface area contributed by atoms with Gasteiger partial charge in [0, 0.05) is 21.9 Å². The first-order valence-corrected chi connectivity index (χ1v) is 11.1.